The first-order valence-electron chi connectivity index (χ1n) is 13.4. The highest BCUT2D eigenvalue weighted by molar-refractivity contribution is 4.52. The Morgan fingerprint density at radius 1 is 0.387 bits per heavy atom. The van der Waals surface area contributed by atoms with Crippen molar-refractivity contribution in [2.75, 3.05) is 46.0 Å². The summed E-state index contributed by atoms with van der Waals surface area (Å²) in [7, 11) is 0. The van der Waals surface area contributed by atoms with E-state index < -0.39 is 0 Å². The van der Waals surface area contributed by atoms with Crippen molar-refractivity contribution in [2.24, 2.45) is 0 Å². The minimum atomic E-state index is 0. The van der Waals surface area contributed by atoms with Gasteiger partial charge >= 0.3 is 0 Å². The fourth-order valence-electron chi connectivity index (χ4n) is 4.69. The van der Waals surface area contributed by atoms with Gasteiger partial charge in [0, 0.05) is 26.1 Å². The van der Waals surface area contributed by atoms with Crippen LogP contribution in [0.1, 0.15) is 122 Å². The van der Waals surface area contributed by atoms with Crippen LogP contribution in [0.15, 0.2) is 0 Å². The quantitative estimate of drug-likeness (QED) is 0.143. The average molecular weight is 466 g/mol. The van der Waals surface area contributed by atoms with Gasteiger partial charge in [-0.3, -0.25) is 0 Å². The summed E-state index contributed by atoms with van der Waals surface area (Å²) in [5.41, 5.74) is 0. The van der Waals surface area contributed by atoms with Crippen molar-refractivity contribution in [3.05, 3.63) is 0 Å². The van der Waals surface area contributed by atoms with Crippen molar-refractivity contribution in [3.63, 3.8) is 0 Å². The summed E-state index contributed by atoms with van der Waals surface area (Å²) in [5, 5.41) is 27.9. The van der Waals surface area contributed by atoms with E-state index >= 15 is 0 Å². The molecule has 4 nitrogen and oxygen atoms in total. The van der Waals surface area contributed by atoms with Crippen LogP contribution in [0.4, 0.5) is 0 Å². The molecule has 0 saturated carbocycles. The molecule has 0 aliphatic carbocycles. The summed E-state index contributed by atoms with van der Waals surface area (Å²) in [6, 6.07) is 0. The first kappa shape index (κ1) is 33.3. The average Bonchev–Trinajstić information content (AvgIpc) is 2.76. The van der Waals surface area contributed by atoms with Gasteiger partial charge in [0.1, 0.15) is 6.54 Å². The lowest BCUT2D eigenvalue weighted by Crippen LogP contribution is -3.00. The van der Waals surface area contributed by atoms with E-state index in [4.69, 9.17) is 0 Å². The lowest BCUT2D eigenvalue weighted by atomic mass is 10.0. The Kier molecular flexibility index (Phi) is 28.3. The maximum absolute atomic E-state index is 9.49. The van der Waals surface area contributed by atoms with Gasteiger partial charge < -0.3 is 32.2 Å². The molecule has 0 saturated heterocycles. The molecule has 0 fully saturated rings. The first-order valence-corrected chi connectivity index (χ1v) is 13.4. The fourth-order valence-corrected chi connectivity index (χ4v) is 4.69. The Bertz CT molecular complexity index is 324. The van der Waals surface area contributed by atoms with Crippen LogP contribution in [0.3, 0.4) is 0 Å². The maximum Gasteiger partial charge on any atom is 0.102 e. The van der Waals surface area contributed by atoms with Gasteiger partial charge in [-0.05, 0) is 12.8 Å². The molecule has 0 amide bonds. The monoisotopic (exact) mass is 465 g/mol. The van der Waals surface area contributed by atoms with E-state index in [-0.39, 0.29) is 32.2 Å². The second-order valence-electron chi connectivity index (χ2n) is 9.42. The lowest BCUT2D eigenvalue weighted by molar-refractivity contribution is -0.929. The van der Waals surface area contributed by atoms with Crippen LogP contribution in [0.25, 0.3) is 0 Å². The fraction of sp³-hybridized carbons (Fsp3) is 1.00. The van der Waals surface area contributed by atoms with Gasteiger partial charge in [-0.1, -0.05) is 96.8 Å². The molecule has 0 aromatic heterocycles. The highest BCUT2D eigenvalue weighted by atomic mass is 35.5. The van der Waals surface area contributed by atoms with E-state index in [1.807, 2.05) is 0 Å². The smallest absolute Gasteiger partial charge is 0.102 e. The molecule has 0 aromatic carbocycles. The van der Waals surface area contributed by atoms with Gasteiger partial charge in [-0.25, -0.2) is 0 Å². The van der Waals surface area contributed by atoms with Crippen molar-refractivity contribution < 1.29 is 32.2 Å². The number of unbranched alkanes of at least 4 members (excludes halogenated alkanes) is 15. The molecular weight excluding hydrogens is 410 g/mol. The third-order valence-electron chi connectivity index (χ3n) is 6.64. The van der Waals surface area contributed by atoms with Gasteiger partial charge in [-0.15, -0.1) is 0 Å². The largest absolute Gasteiger partial charge is 1.00 e. The predicted octanol–water partition coefficient (Wildman–Crippen LogP) is 2.83. The number of aliphatic hydroxyl groups excluding tert-OH is 3. The molecule has 0 atom stereocenters. The molecule has 3 N–H and O–H groups in total. The molecule has 0 aromatic rings. The minimum absolute atomic E-state index is 0. The van der Waals surface area contributed by atoms with E-state index in [0.717, 1.165) is 43.5 Å². The molecule has 190 valence electrons. The van der Waals surface area contributed by atoms with E-state index in [9.17, 15) is 15.3 Å². The van der Waals surface area contributed by atoms with Crippen LogP contribution in [-0.2, 0) is 0 Å². The topological polar surface area (TPSA) is 60.7 Å². The van der Waals surface area contributed by atoms with Crippen molar-refractivity contribution in [1.82, 2.24) is 0 Å². The zero-order valence-electron chi connectivity index (χ0n) is 20.8. The summed E-state index contributed by atoms with van der Waals surface area (Å²) in [6.07, 6.45) is 23.7. The Balaban J connectivity index is 0. The minimum Gasteiger partial charge on any atom is -1.00 e. The number of rotatable bonds is 25. The Labute approximate surface area is 200 Å². The number of quaternary nitrogens is 1. The molecule has 31 heavy (non-hydrogen) atoms. The van der Waals surface area contributed by atoms with E-state index in [2.05, 4.69) is 6.92 Å². The summed E-state index contributed by atoms with van der Waals surface area (Å²) in [5.74, 6) is 0. The highest BCUT2D eigenvalue weighted by Crippen LogP contribution is 2.16. The third-order valence-corrected chi connectivity index (χ3v) is 6.64. The second-order valence-corrected chi connectivity index (χ2v) is 9.42. The van der Waals surface area contributed by atoms with Gasteiger partial charge in [0.25, 0.3) is 0 Å². The molecule has 0 rings (SSSR count). The van der Waals surface area contributed by atoms with E-state index in [1.54, 1.807) is 0 Å². The van der Waals surface area contributed by atoms with Gasteiger partial charge in [0.15, 0.2) is 0 Å². The molecular formula is C26H56ClNO3. The predicted molar refractivity (Wildman–Crippen MR) is 130 cm³/mol. The van der Waals surface area contributed by atoms with Crippen LogP contribution in [0.2, 0.25) is 0 Å². The van der Waals surface area contributed by atoms with E-state index in [0.29, 0.717) is 0 Å². The SMILES string of the molecule is CCCCCCCCCCCCCCCCCC[N+](CCO)(CCCO)CCCO.[Cl-]. The summed E-state index contributed by atoms with van der Waals surface area (Å²) >= 11 is 0. The number of halogens is 1. The standard InChI is InChI=1S/C26H56NO3.ClH/c1-2-3-4-5-6-7-8-9-10-11-12-13-14-15-16-17-20-27(23-26-30,21-18-24-28)22-19-25-29;/h28-30H,2-26H2,1H3;1H/q+1;/p-1. The molecule has 0 radical (unpaired) electrons. The molecule has 0 bridgehead atoms. The number of aliphatic hydroxyl groups is 3. The van der Waals surface area contributed by atoms with Gasteiger partial charge in [-0.2, -0.15) is 0 Å². The van der Waals surface area contributed by atoms with Crippen LogP contribution < -0.4 is 12.4 Å². The zero-order chi connectivity index (χ0) is 22.2. The van der Waals surface area contributed by atoms with Crippen molar-refractivity contribution in [3.8, 4) is 0 Å². The lowest BCUT2D eigenvalue weighted by Gasteiger charge is -2.38. The molecule has 5 heteroatoms. The van der Waals surface area contributed by atoms with Crippen LogP contribution in [-0.4, -0.2) is 65.8 Å². The molecule has 0 aliphatic heterocycles. The van der Waals surface area contributed by atoms with Gasteiger partial charge in [0.05, 0.1) is 26.2 Å². The van der Waals surface area contributed by atoms with Gasteiger partial charge in [0.2, 0.25) is 0 Å². The highest BCUT2D eigenvalue weighted by Gasteiger charge is 2.25. The molecule has 0 heterocycles. The Hall–Kier alpha value is 0.130. The van der Waals surface area contributed by atoms with Crippen LogP contribution in [0.5, 0.6) is 0 Å². The van der Waals surface area contributed by atoms with Crippen molar-refractivity contribution in [2.45, 2.75) is 122 Å². The molecule has 0 unspecified atom stereocenters. The number of nitrogens with zero attached hydrogens (tertiary/aromatic N) is 1. The maximum atomic E-state index is 9.49. The third kappa shape index (κ3) is 21.7. The molecule has 0 spiro atoms. The zero-order valence-corrected chi connectivity index (χ0v) is 21.6. The van der Waals surface area contributed by atoms with Crippen LogP contribution in [0, 0.1) is 0 Å². The summed E-state index contributed by atoms with van der Waals surface area (Å²) in [4.78, 5) is 0. The second kappa shape index (κ2) is 26.4. The first-order chi connectivity index (χ1) is 14.7. The Morgan fingerprint density at radius 2 is 0.710 bits per heavy atom. The van der Waals surface area contributed by atoms with Crippen molar-refractivity contribution >= 4 is 0 Å². The van der Waals surface area contributed by atoms with Crippen molar-refractivity contribution in [1.29, 1.82) is 0 Å². The number of hydrogen-bond acceptors (Lipinski definition) is 3. The summed E-state index contributed by atoms with van der Waals surface area (Å²) in [6.45, 7) is 6.54. The van der Waals surface area contributed by atoms with Crippen LogP contribution >= 0.6 is 0 Å². The number of hydrogen-bond donors (Lipinski definition) is 3. The Morgan fingerprint density at radius 3 is 1.03 bits per heavy atom. The molecule has 0 aliphatic rings. The normalized spacial score (nSPS) is 11.6. The summed E-state index contributed by atoms with van der Waals surface area (Å²) < 4.78 is 0.857. The van der Waals surface area contributed by atoms with E-state index in [1.165, 1.54) is 103 Å².